The number of nitrogens with two attached hydrogens (primary N) is 1. The van der Waals surface area contributed by atoms with Crippen molar-refractivity contribution in [1.29, 1.82) is 0 Å². The molecule has 3 nitrogen and oxygen atoms in total. The second-order valence-electron chi connectivity index (χ2n) is 4.86. The molecule has 0 heterocycles. The number of nitrogens with zero attached hydrogens (tertiary/aromatic N) is 1. The third kappa shape index (κ3) is 5.25. The highest BCUT2D eigenvalue weighted by atomic mass is 32.2. The van der Waals surface area contributed by atoms with Crippen molar-refractivity contribution in [1.82, 2.24) is 4.90 Å². The summed E-state index contributed by atoms with van der Waals surface area (Å²) in [7, 11) is 1.87. The molecule has 0 radical (unpaired) electrons. The molecule has 0 fully saturated rings. The van der Waals surface area contributed by atoms with Crippen molar-refractivity contribution < 1.29 is 4.79 Å². The second kappa shape index (κ2) is 8.23. The van der Waals surface area contributed by atoms with E-state index in [1.165, 1.54) is 0 Å². The maximum Gasteiger partial charge on any atom is 0.222 e. The lowest BCUT2D eigenvalue weighted by atomic mass is 10.0. The van der Waals surface area contributed by atoms with Gasteiger partial charge in [0.25, 0.3) is 0 Å². The van der Waals surface area contributed by atoms with Crippen molar-refractivity contribution in [2.45, 2.75) is 31.8 Å². The molecule has 0 aliphatic heterocycles. The van der Waals surface area contributed by atoms with Gasteiger partial charge in [0, 0.05) is 31.3 Å². The molecule has 1 amide bonds. The van der Waals surface area contributed by atoms with E-state index in [4.69, 9.17) is 5.73 Å². The maximum atomic E-state index is 12.1. The van der Waals surface area contributed by atoms with Crippen LogP contribution in [0.5, 0.6) is 0 Å². The number of carbonyl (C=O) groups excluding carboxylic acids is 1. The molecule has 2 unspecified atom stereocenters. The van der Waals surface area contributed by atoms with E-state index in [9.17, 15) is 4.79 Å². The van der Waals surface area contributed by atoms with E-state index in [1.54, 1.807) is 11.8 Å². The lowest BCUT2D eigenvalue weighted by molar-refractivity contribution is -0.131. The first kappa shape index (κ1) is 16.1. The molecule has 1 aromatic rings. The molecule has 0 aromatic heterocycles. The lowest BCUT2D eigenvalue weighted by Crippen LogP contribution is -2.36. The summed E-state index contributed by atoms with van der Waals surface area (Å²) in [6, 6.07) is 10.2. The van der Waals surface area contributed by atoms with Gasteiger partial charge in [-0.1, -0.05) is 30.3 Å². The van der Waals surface area contributed by atoms with Crippen molar-refractivity contribution in [2.75, 3.05) is 19.1 Å². The van der Waals surface area contributed by atoms with Crippen molar-refractivity contribution in [3.8, 4) is 0 Å². The van der Waals surface area contributed by atoms with Gasteiger partial charge in [0.15, 0.2) is 0 Å². The Morgan fingerprint density at radius 2 is 2.00 bits per heavy atom. The third-order valence-electron chi connectivity index (χ3n) is 3.36. The van der Waals surface area contributed by atoms with Crippen molar-refractivity contribution in [3.05, 3.63) is 35.9 Å². The summed E-state index contributed by atoms with van der Waals surface area (Å²) in [5.74, 6) is 1.14. The summed E-state index contributed by atoms with van der Waals surface area (Å²) in [5, 5.41) is 0. The number of rotatable bonds is 7. The van der Waals surface area contributed by atoms with Gasteiger partial charge in [0.05, 0.1) is 0 Å². The number of carbonyl (C=O) groups is 1. The normalized spacial score (nSPS) is 13.9. The Hall–Kier alpha value is -1.00. The predicted molar refractivity (Wildman–Crippen MR) is 83.2 cm³/mol. The zero-order valence-corrected chi connectivity index (χ0v) is 12.8. The SMILES string of the molecule is CSCC(C)N(C)C(=O)CCC(N)c1ccccc1. The summed E-state index contributed by atoms with van der Waals surface area (Å²) in [4.78, 5) is 13.9. The van der Waals surface area contributed by atoms with Gasteiger partial charge in [-0.2, -0.15) is 11.8 Å². The largest absolute Gasteiger partial charge is 0.342 e. The highest BCUT2D eigenvalue weighted by Crippen LogP contribution is 2.16. The van der Waals surface area contributed by atoms with Crippen molar-refractivity contribution >= 4 is 17.7 Å². The van der Waals surface area contributed by atoms with Crippen LogP contribution in [-0.4, -0.2) is 35.9 Å². The topological polar surface area (TPSA) is 46.3 Å². The van der Waals surface area contributed by atoms with E-state index in [-0.39, 0.29) is 18.0 Å². The maximum absolute atomic E-state index is 12.1. The van der Waals surface area contributed by atoms with Crippen LogP contribution in [0.3, 0.4) is 0 Å². The van der Waals surface area contributed by atoms with E-state index in [2.05, 4.69) is 13.2 Å². The monoisotopic (exact) mass is 280 g/mol. The molecule has 0 saturated heterocycles. The molecule has 0 saturated carbocycles. The van der Waals surface area contributed by atoms with E-state index >= 15 is 0 Å². The first-order valence-electron chi connectivity index (χ1n) is 6.61. The van der Waals surface area contributed by atoms with E-state index in [0.717, 1.165) is 11.3 Å². The molecule has 0 bridgehead atoms. The summed E-state index contributed by atoms with van der Waals surface area (Å²) < 4.78 is 0. The van der Waals surface area contributed by atoms with Crippen LogP contribution < -0.4 is 5.73 Å². The highest BCUT2D eigenvalue weighted by molar-refractivity contribution is 7.98. The van der Waals surface area contributed by atoms with Crippen LogP contribution in [0.15, 0.2) is 30.3 Å². The minimum atomic E-state index is -0.0607. The smallest absolute Gasteiger partial charge is 0.222 e. The van der Waals surface area contributed by atoms with Crippen LogP contribution in [0.4, 0.5) is 0 Å². The van der Waals surface area contributed by atoms with Crippen LogP contribution in [0.1, 0.15) is 31.4 Å². The summed E-state index contributed by atoms with van der Waals surface area (Å²) in [6.45, 7) is 2.07. The molecule has 0 spiro atoms. The fourth-order valence-electron chi connectivity index (χ4n) is 1.92. The van der Waals surface area contributed by atoms with Gasteiger partial charge < -0.3 is 10.6 Å². The molecule has 0 aliphatic carbocycles. The zero-order valence-electron chi connectivity index (χ0n) is 12.0. The van der Waals surface area contributed by atoms with Crippen LogP contribution in [0, 0.1) is 0 Å². The van der Waals surface area contributed by atoms with E-state index in [0.29, 0.717) is 12.8 Å². The number of hydrogen-bond donors (Lipinski definition) is 1. The van der Waals surface area contributed by atoms with Gasteiger partial charge in [0.2, 0.25) is 5.91 Å². The van der Waals surface area contributed by atoms with Gasteiger partial charge in [-0.05, 0) is 25.2 Å². The van der Waals surface area contributed by atoms with Gasteiger partial charge >= 0.3 is 0 Å². The highest BCUT2D eigenvalue weighted by Gasteiger charge is 2.16. The summed E-state index contributed by atoms with van der Waals surface area (Å²) in [5.41, 5.74) is 7.20. The van der Waals surface area contributed by atoms with Gasteiger partial charge in [-0.25, -0.2) is 0 Å². The predicted octanol–water partition coefficient (Wildman–Crippen LogP) is 2.68. The van der Waals surface area contributed by atoms with Crippen LogP contribution >= 0.6 is 11.8 Å². The first-order valence-corrected chi connectivity index (χ1v) is 8.00. The molecule has 4 heteroatoms. The molecule has 1 aromatic carbocycles. The lowest BCUT2D eigenvalue weighted by Gasteiger charge is -2.25. The van der Waals surface area contributed by atoms with E-state index < -0.39 is 0 Å². The van der Waals surface area contributed by atoms with Gasteiger partial charge in [-0.3, -0.25) is 4.79 Å². The van der Waals surface area contributed by atoms with Crippen LogP contribution in [-0.2, 0) is 4.79 Å². The Morgan fingerprint density at radius 3 is 2.58 bits per heavy atom. The Labute approximate surface area is 120 Å². The number of amides is 1. The van der Waals surface area contributed by atoms with Crippen molar-refractivity contribution in [2.24, 2.45) is 5.73 Å². The average molecular weight is 280 g/mol. The minimum absolute atomic E-state index is 0.0607. The van der Waals surface area contributed by atoms with Crippen molar-refractivity contribution in [3.63, 3.8) is 0 Å². The molecule has 19 heavy (non-hydrogen) atoms. The molecule has 0 aliphatic rings. The summed E-state index contributed by atoms with van der Waals surface area (Å²) >= 11 is 1.76. The number of thioether (sulfide) groups is 1. The molecule has 1 rings (SSSR count). The minimum Gasteiger partial charge on any atom is -0.342 e. The molecular weight excluding hydrogens is 256 g/mol. The second-order valence-corrected chi connectivity index (χ2v) is 5.78. The molecular formula is C15H24N2OS. The standard InChI is InChI=1S/C15H24N2OS/c1-12(11-19-3)17(2)15(18)10-9-14(16)13-7-5-4-6-8-13/h4-8,12,14H,9-11,16H2,1-3H3. The molecule has 106 valence electrons. The average Bonchev–Trinajstić information content (AvgIpc) is 2.44. The Bertz CT molecular complexity index is 383. The fourth-order valence-corrected chi connectivity index (χ4v) is 2.63. The Kier molecular flexibility index (Phi) is 6.95. The third-order valence-corrected chi connectivity index (χ3v) is 4.18. The quantitative estimate of drug-likeness (QED) is 0.835. The Balaban J connectivity index is 2.42. The van der Waals surface area contributed by atoms with E-state index in [1.807, 2.05) is 42.3 Å². The molecule has 2 atom stereocenters. The van der Waals surface area contributed by atoms with Crippen LogP contribution in [0.2, 0.25) is 0 Å². The fraction of sp³-hybridized carbons (Fsp3) is 0.533. The Morgan fingerprint density at radius 1 is 1.37 bits per heavy atom. The number of hydrogen-bond acceptors (Lipinski definition) is 3. The first-order chi connectivity index (χ1) is 9.06. The summed E-state index contributed by atoms with van der Waals surface area (Å²) in [6.07, 6.45) is 3.25. The van der Waals surface area contributed by atoms with Crippen LogP contribution in [0.25, 0.3) is 0 Å². The van der Waals surface area contributed by atoms with Gasteiger partial charge in [0.1, 0.15) is 0 Å². The zero-order chi connectivity index (χ0) is 14.3. The molecule has 2 N–H and O–H groups in total. The van der Waals surface area contributed by atoms with Gasteiger partial charge in [-0.15, -0.1) is 0 Å². The number of benzene rings is 1.